The summed E-state index contributed by atoms with van der Waals surface area (Å²) in [5.41, 5.74) is 7.80. The van der Waals surface area contributed by atoms with Crippen LogP contribution in [0.15, 0.2) is 54.5 Å². The fourth-order valence-corrected chi connectivity index (χ4v) is 2.81. The first kappa shape index (κ1) is 17.3. The molecule has 134 valence electrons. The van der Waals surface area contributed by atoms with Gasteiger partial charge in [-0.3, -0.25) is 10.2 Å². The van der Waals surface area contributed by atoms with E-state index in [4.69, 9.17) is 15.9 Å². The fraction of sp³-hybridized carbons (Fsp3) is 0.167. The highest BCUT2D eigenvalue weighted by Gasteiger charge is 2.33. The van der Waals surface area contributed by atoms with Gasteiger partial charge in [0.15, 0.2) is 0 Å². The Kier molecular flexibility index (Phi) is 4.74. The molecule has 0 saturated carbocycles. The number of methoxy groups -OCH3 is 1. The van der Waals surface area contributed by atoms with Crippen LogP contribution < -0.4 is 11.1 Å². The third-order valence-electron chi connectivity index (χ3n) is 4.08. The molecule has 2 heterocycles. The largest absolute Gasteiger partial charge is 0.464 e. The number of amidine groups is 1. The van der Waals surface area contributed by atoms with E-state index in [0.29, 0.717) is 17.8 Å². The fourth-order valence-electron chi connectivity index (χ4n) is 2.81. The number of H-pyrrole nitrogens is 1. The van der Waals surface area contributed by atoms with Gasteiger partial charge in [0, 0.05) is 30.2 Å². The maximum Gasteiger partial charge on any atom is 0.356 e. The van der Waals surface area contributed by atoms with Crippen molar-refractivity contribution < 1.29 is 14.3 Å². The van der Waals surface area contributed by atoms with Gasteiger partial charge in [0.25, 0.3) is 5.91 Å². The van der Waals surface area contributed by atoms with E-state index in [9.17, 15) is 9.59 Å². The van der Waals surface area contributed by atoms with Crippen LogP contribution in [0.25, 0.3) is 0 Å². The Morgan fingerprint density at radius 1 is 1.31 bits per heavy atom. The third kappa shape index (κ3) is 3.44. The number of hydrogen-bond donors (Lipinski definition) is 4. The molecule has 0 bridgehead atoms. The molecule has 1 unspecified atom stereocenters. The Hall–Kier alpha value is -3.55. The van der Waals surface area contributed by atoms with Crippen molar-refractivity contribution in [2.24, 2.45) is 5.73 Å². The van der Waals surface area contributed by atoms with Gasteiger partial charge in [0.2, 0.25) is 0 Å². The first-order chi connectivity index (χ1) is 12.5. The summed E-state index contributed by atoms with van der Waals surface area (Å²) in [6.07, 6.45) is 3.32. The predicted octanol–water partition coefficient (Wildman–Crippen LogP) is 0.986. The van der Waals surface area contributed by atoms with Crippen molar-refractivity contribution in [3.63, 3.8) is 0 Å². The quantitative estimate of drug-likeness (QED) is 0.362. The number of nitrogens with one attached hydrogen (secondary N) is 3. The molecule has 2 aromatic rings. The molecule has 1 aromatic carbocycles. The number of carbonyl (C=O) groups is 2. The lowest BCUT2D eigenvalue weighted by atomic mass is 10.1. The Morgan fingerprint density at radius 3 is 2.62 bits per heavy atom. The molecule has 8 heteroatoms. The zero-order valence-electron chi connectivity index (χ0n) is 14.2. The molecule has 1 aliphatic rings. The smallest absolute Gasteiger partial charge is 0.356 e. The summed E-state index contributed by atoms with van der Waals surface area (Å²) in [5.74, 6) is -0.943. The molecule has 1 atom stereocenters. The molecular weight excluding hydrogens is 334 g/mol. The topological polar surface area (TPSA) is 124 Å². The van der Waals surface area contributed by atoms with Crippen molar-refractivity contribution in [1.82, 2.24) is 15.2 Å². The molecule has 1 amide bonds. The lowest BCUT2D eigenvalue weighted by molar-refractivity contribution is -0.139. The van der Waals surface area contributed by atoms with E-state index < -0.39 is 12.0 Å². The Balaban J connectivity index is 1.93. The molecule has 5 N–H and O–H groups in total. The number of hydrogen-bond acceptors (Lipinski definition) is 5. The number of rotatable bonds is 5. The van der Waals surface area contributed by atoms with Crippen LogP contribution in [0.2, 0.25) is 0 Å². The highest BCUT2D eigenvalue weighted by Crippen LogP contribution is 2.26. The number of ether oxygens (including phenoxy) is 1. The minimum Gasteiger partial charge on any atom is -0.464 e. The van der Waals surface area contributed by atoms with Crippen molar-refractivity contribution >= 4 is 17.7 Å². The Labute approximate surface area is 150 Å². The lowest BCUT2D eigenvalue weighted by Crippen LogP contribution is -2.44. The molecule has 1 aromatic heterocycles. The molecule has 26 heavy (non-hydrogen) atoms. The Bertz CT molecular complexity index is 855. The van der Waals surface area contributed by atoms with E-state index in [1.54, 1.807) is 29.4 Å². The second kappa shape index (κ2) is 7.14. The van der Waals surface area contributed by atoms with E-state index in [1.807, 2.05) is 24.3 Å². The first-order valence-corrected chi connectivity index (χ1v) is 7.93. The van der Waals surface area contributed by atoms with Crippen LogP contribution in [0, 0.1) is 5.41 Å². The third-order valence-corrected chi connectivity index (χ3v) is 4.08. The van der Waals surface area contributed by atoms with E-state index in [0.717, 1.165) is 5.56 Å². The van der Waals surface area contributed by atoms with Gasteiger partial charge in [-0.25, -0.2) is 4.79 Å². The summed E-state index contributed by atoms with van der Waals surface area (Å²) in [6.45, 7) is 0.385. The molecule has 0 saturated heterocycles. The van der Waals surface area contributed by atoms with E-state index in [2.05, 4.69) is 10.3 Å². The van der Waals surface area contributed by atoms with Crippen LogP contribution in [0.1, 0.15) is 22.9 Å². The van der Waals surface area contributed by atoms with Crippen molar-refractivity contribution in [1.29, 1.82) is 5.41 Å². The highest BCUT2D eigenvalue weighted by atomic mass is 16.5. The van der Waals surface area contributed by atoms with Crippen LogP contribution in [-0.4, -0.2) is 34.7 Å². The summed E-state index contributed by atoms with van der Waals surface area (Å²) >= 11 is 0. The number of benzene rings is 1. The van der Waals surface area contributed by atoms with Crippen molar-refractivity contribution in [2.75, 3.05) is 7.11 Å². The van der Waals surface area contributed by atoms with Gasteiger partial charge in [-0.1, -0.05) is 24.3 Å². The minimum atomic E-state index is -0.611. The average Bonchev–Trinajstić information content (AvgIpc) is 3.15. The van der Waals surface area contributed by atoms with Gasteiger partial charge in [-0.2, -0.15) is 0 Å². The zero-order valence-corrected chi connectivity index (χ0v) is 14.2. The number of nitrogens with zero attached hydrogens (tertiary/aromatic N) is 1. The molecule has 0 radical (unpaired) electrons. The molecule has 0 spiro atoms. The number of aromatic amines is 1. The second-order valence-electron chi connectivity index (χ2n) is 5.83. The van der Waals surface area contributed by atoms with Crippen LogP contribution in [0.4, 0.5) is 0 Å². The average molecular weight is 353 g/mol. The zero-order chi connectivity index (χ0) is 18.7. The number of carbonyl (C=O) groups excluding carboxylic acids is 2. The minimum absolute atomic E-state index is 0.00830. The molecule has 1 aliphatic heterocycles. The molecular formula is C18H19N5O3. The normalized spacial score (nSPS) is 16.7. The summed E-state index contributed by atoms with van der Waals surface area (Å²) in [5, 5.41) is 10.0. The van der Waals surface area contributed by atoms with Gasteiger partial charge >= 0.3 is 5.97 Å². The number of amides is 1. The van der Waals surface area contributed by atoms with Gasteiger partial charge in [0.1, 0.15) is 17.6 Å². The summed E-state index contributed by atoms with van der Waals surface area (Å²) < 4.78 is 4.71. The van der Waals surface area contributed by atoms with Gasteiger partial charge in [-0.05, 0) is 17.7 Å². The molecule has 8 nitrogen and oxygen atoms in total. The second-order valence-corrected chi connectivity index (χ2v) is 5.83. The van der Waals surface area contributed by atoms with Crippen LogP contribution in [0.5, 0.6) is 0 Å². The monoisotopic (exact) mass is 353 g/mol. The molecule has 0 aliphatic carbocycles. The number of esters is 1. The highest BCUT2D eigenvalue weighted by molar-refractivity contribution is 5.97. The number of nitrogen functional groups attached to an aromatic ring is 1. The number of aromatic nitrogens is 1. The van der Waals surface area contributed by atoms with E-state index >= 15 is 0 Å². The van der Waals surface area contributed by atoms with Gasteiger partial charge < -0.3 is 25.7 Å². The Morgan fingerprint density at radius 2 is 2.04 bits per heavy atom. The molecule has 3 rings (SSSR count). The summed E-state index contributed by atoms with van der Waals surface area (Å²) in [6, 6.07) is 10.2. The lowest BCUT2D eigenvalue weighted by Gasteiger charge is -2.33. The maximum absolute atomic E-state index is 12.6. The van der Waals surface area contributed by atoms with E-state index in [-0.39, 0.29) is 17.4 Å². The van der Waals surface area contributed by atoms with Gasteiger partial charge in [0.05, 0.1) is 7.11 Å². The summed E-state index contributed by atoms with van der Waals surface area (Å²) in [7, 11) is 1.26. The van der Waals surface area contributed by atoms with Gasteiger partial charge in [-0.15, -0.1) is 0 Å². The van der Waals surface area contributed by atoms with Crippen molar-refractivity contribution in [2.45, 2.75) is 12.6 Å². The first-order valence-electron chi connectivity index (χ1n) is 7.93. The summed E-state index contributed by atoms with van der Waals surface area (Å²) in [4.78, 5) is 29.3. The van der Waals surface area contributed by atoms with Crippen LogP contribution >= 0.6 is 0 Å². The van der Waals surface area contributed by atoms with Crippen LogP contribution in [-0.2, 0) is 20.9 Å². The molecule has 0 fully saturated rings. The predicted molar refractivity (Wildman–Crippen MR) is 94.8 cm³/mol. The van der Waals surface area contributed by atoms with E-state index in [1.165, 1.54) is 7.11 Å². The van der Waals surface area contributed by atoms with Crippen molar-refractivity contribution in [3.05, 3.63) is 71.3 Å². The van der Waals surface area contributed by atoms with Crippen molar-refractivity contribution in [3.8, 4) is 0 Å². The standard InChI is InChI=1S/C18H19N5O3/c1-26-18(25)14-10-23(9-11-4-6-12(7-5-11)16(19)20)15(17(24)22-14)13-3-2-8-21-13/h2-8,10,15,21H,9H2,1H3,(H3,19,20)(H,22,24). The number of nitrogens with two attached hydrogens (primary N) is 1. The van der Waals surface area contributed by atoms with Crippen LogP contribution in [0.3, 0.4) is 0 Å². The SMILES string of the molecule is COC(=O)C1=CN(Cc2ccc(C(=N)N)cc2)C(c2ccc[nH]2)C(=O)N1. The maximum atomic E-state index is 12.6.